The zero-order valence-electron chi connectivity index (χ0n) is 18.8. The number of amidine groups is 1. The summed E-state index contributed by atoms with van der Waals surface area (Å²) in [6.45, 7) is 5.39. The van der Waals surface area contributed by atoms with Gasteiger partial charge in [0, 0.05) is 55.6 Å². The third-order valence-corrected chi connectivity index (χ3v) is 7.30. The number of rotatable bonds is 4. The lowest BCUT2D eigenvalue weighted by Crippen LogP contribution is -2.48. The van der Waals surface area contributed by atoms with Gasteiger partial charge >= 0.3 is 0 Å². The van der Waals surface area contributed by atoms with Crippen molar-refractivity contribution in [3.63, 3.8) is 0 Å². The standard InChI is InChI=1S/C25H21ClN4O4S/c1-16-4-2-3-5-21(16)28-10-12-29(13-11-28)25-27-24(31)23(35-25)15-18-7-9-22(34-18)19-8-6-17(30(32)33)14-20(19)26/h2-9,14-15H,10-13H2,1H3. The molecule has 0 saturated carbocycles. The summed E-state index contributed by atoms with van der Waals surface area (Å²) in [6.07, 6.45) is 1.66. The molecule has 5 rings (SSSR count). The molecule has 8 nitrogen and oxygen atoms in total. The molecule has 0 unspecified atom stereocenters. The molecular weight excluding hydrogens is 488 g/mol. The molecule has 3 heterocycles. The highest BCUT2D eigenvalue weighted by Crippen LogP contribution is 2.35. The second kappa shape index (κ2) is 9.59. The minimum Gasteiger partial charge on any atom is -0.457 e. The summed E-state index contributed by atoms with van der Waals surface area (Å²) in [7, 11) is 0. The van der Waals surface area contributed by atoms with Crippen LogP contribution in [0.4, 0.5) is 11.4 Å². The Labute approximate surface area is 211 Å². The summed E-state index contributed by atoms with van der Waals surface area (Å²) < 4.78 is 5.85. The number of carbonyl (C=O) groups is 1. The number of nitro groups is 1. The van der Waals surface area contributed by atoms with Gasteiger partial charge in [0.05, 0.1) is 14.9 Å². The molecule has 0 bridgehead atoms. The van der Waals surface area contributed by atoms with Crippen molar-refractivity contribution in [2.75, 3.05) is 31.1 Å². The number of anilines is 1. The van der Waals surface area contributed by atoms with E-state index in [4.69, 9.17) is 16.0 Å². The maximum Gasteiger partial charge on any atom is 0.286 e. The number of halogens is 1. The number of piperazine rings is 1. The van der Waals surface area contributed by atoms with E-state index in [9.17, 15) is 14.9 Å². The minimum absolute atomic E-state index is 0.0926. The quantitative estimate of drug-likeness (QED) is 0.257. The van der Waals surface area contributed by atoms with Crippen molar-refractivity contribution in [1.29, 1.82) is 0 Å². The van der Waals surface area contributed by atoms with Crippen LogP contribution in [0.15, 0.2) is 68.9 Å². The summed E-state index contributed by atoms with van der Waals surface area (Å²) in [6, 6.07) is 16.0. The molecule has 178 valence electrons. The molecule has 1 fully saturated rings. The zero-order chi connectivity index (χ0) is 24.5. The largest absolute Gasteiger partial charge is 0.457 e. The number of hydrogen-bond acceptors (Lipinski definition) is 7. The van der Waals surface area contributed by atoms with Crippen LogP contribution in [0.3, 0.4) is 0 Å². The van der Waals surface area contributed by atoms with Crippen LogP contribution in [0, 0.1) is 17.0 Å². The fraction of sp³-hybridized carbons (Fsp3) is 0.200. The molecule has 35 heavy (non-hydrogen) atoms. The lowest BCUT2D eigenvalue weighted by Gasteiger charge is -2.37. The SMILES string of the molecule is Cc1ccccc1N1CCN(C2=NC(=O)C(=Cc3ccc(-c4ccc([N+](=O)[O-])cc4Cl)o3)S2)CC1. The van der Waals surface area contributed by atoms with Gasteiger partial charge < -0.3 is 14.2 Å². The molecule has 1 amide bonds. The number of carbonyl (C=O) groups excluding carboxylic acids is 1. The van der Waals surface area contributed by atoms with Crippen molar-refractivity contribution in [1.82, 2.24) is 4.90 Å². The van der Waals surface area contributed by atoms with Gasteiger partial charge in [0.25, 0.3) is 11.6 Å². The van der Waals surface area contributed by atoms with Gasteiger partial charge in [0.1, 0.15) is 11.5 Å². The first-order chi connectivity index (χ1) is 16.9. The third kappa shape index (κ3) is 4.82. The number of aryl methyl sites for hydroxylation is 1. The highest BCUT2D eigenvalue weighted by Gasteiger charge is 2.29. The highest BCUT2D eigenvalue weighted by molar-refractivity contribution is 8.18. The van der Waals surface area contributed by atoms with E-state index in [-0.39, 0.29) is 16.6 Å². The summed E-state index contributed by atoms with van der Waals surface area (Å²) in [5.41, 5.74) is 2.94. The smallest absolute Gasteiger partial charge is 0.286 e. The summed E-state index contributed by atoms with van der Waals surface area (Å²) in [5, 5.41) is 11.9. The summed E-state index contributed by atoms with van der Waals surface area (Å²) in [4.78, 5) is 32.2. The Bertz CT molecular complexity index is 1380. The molecule has 2 aromatic carbocycles. The van der Waals surface area contributed by atoms with Crippen molar-refractivity contribution < 1.29 is 14.1 Å². The van der Waals surface area contributed by atoms with Gasteiger partial charge in [-0.15, -0.1) is 0 Å². The van der Waals surface area contributed by atoms with Crippen molar-refractivity contribution >= 4 is 51.9 Å². The van der Waals surface area contributed by atoms with E-state index in [0.29, 0.717) is 27.2 Å². The molecule has 0 spiro atoms. The average molecular weight is 509 g/mol. The normalized spacial score (nSPS) is 17.3. The van der Waals surface area contributed by atoms with E-state index in [1.54, 1.807) is 24.3 Å². The fourth-order valence-corrected chi connectivity index (χ4v) is 5.32. The number of benzene rings is 2. The number of furan rings is 1. The van der Waals surface area contributed by atoms with Gasteiger partial charge in [-0.2, -0.15) is 4.99 Å². The van der Waals surface area contributed by atoms with E-state index < -0.39 is 4.92 Å². The second-order valence-electron chi connectivity index (χ2n) is 8.19. The van der Waals surface area contributed by atoms with Crippen molar-refractivity contribution in [3.8, 4) is 11.3 Å². The predicted octanol–water partition coefficient (Wildman–Crippen LogP) is 5.61. The van der Waals surface area contributed by atoms with E-state index in [2.05, 4.69) is 39.9 Å². The van der Waals surface area contributed by atoms with Crippen LogP contribution in [0.1, 0.15) is 11.3 Å². The van der Waals surface area contributed by atoms with Gasteiger partial charge in [0.2, 0.25) is 0 Å². The van der Waals surface area contributed by atoms with E-state index in [1.165, 1.54) is 35.1 Å². The average Bonchev–Trinajstić information content (AvgIpc) is 3.46. The monoisotopic (exact) mass is 508 g/mol. The fourth-order valence-electron chi connectivity index (χ4n) is 4.11. The van der Waals surface area contributed by atoms with Crippen LogP contribution < -0.4 is 4.90 Å². The van der Waals surface area contributed by atoms with Crippen LogP contribution in [-0.2, 0) is 4.79 Å². The summed E-state index contributed by atoms with van der Waals surface area (Å²) >= 11 is 7.55. The van der Waals surface area contributed by atoms with Crippen LogP contribution in [0.2, 0.25) is 5.02 Å². The van der Waals surface area contributed by atoms with Crippen LogP contribution in [0.5, 0.6) is 0 Å². The maximum absolute atomic E-state index is 12.6. The van der Waals surface area contributed by atoms with Gasteiger partial charge in [-0.05, 0) is 48.5 Å². The lowest BCUT2D eigenvalue weighted by atomic mass is 10.1. The molecule has 1 aromatic heterocycles. The zero-order valence-corrected chi connectivity index (χ0v) is 20.4. The molecule has 0 aliphatic carbocycles. The van der Waals surface area contributed by atoms with Gasteiger partial charge in [-0.25, -0.2) is 0 Å². The Morgan fingerprint density at radius 1 is 1.09 bits per heavy atom. The molecule has 2 aliphatic rings. The molecule has 1 saturated heterocycles. The summed E-state index contributed by atoms with van der Waals surface area (Å²) in [5.74, 6) is 0.643. The molecular formula is C25H21ClN4O4S. The molecule has 0 radical (unpaired) electrons. The molecule has 10 heteroatoms. The Morgan fingerprint density at radius 2 is 1.83 bits per heavy atom. The van der Waals surface area contributed by atoms with Crippen LogP contribution in [0.25, 0.3) is 17.4 Å². The third-order valence-electron chi connectivity index (χ3n) is 5.94. The number of amides is 1. The number of thioether (sulfide) groups is 1. The number of para-hydroxylation sites is 1. The number of non-ortho nitro benzene ring substituents is 1. The first kappa shape index (κ1) is 23.2. The van der Waals surface area contributed by atoms with Crippen molar-refractivity contribution in [2.45, 2.75) is 6.92 Å². The Balaban J connectivity index is 1.25. The van der Waals surface area contributed by atoms with E-state index in [1.807, 2.05) is 6.07 Å². The Hall–Kier alpha value is -3.56. The molecule has 0 N–H and O–H groups in total. The van der Waals surface area contributed by atoms with Crippen LogP contribution >= 0.6 is 23.4 Å². The first-order valence-corrected chi connectivity index (χ1v) is 12.2. The number of hydrogen-bond donors (Lipinski definition) is 0. The molecule has 2 aliphatic heterocycles. The van der Waals surface area contributed by atoms with E-state index >= 15 is 0 Å². The molecule has 3 aromatic rings. The second-order valence-corrected chi connectivity index (χ2v) is 9.61. The Kier molecular flexibility index (Phi) is 6.36. The Morgan fingerprint density at radius 3 is 2.54 bits per heavy atom. The van der Waals surface area contributed by atoms with Gasteiger partial charge in [0.15, 0.2) is 5.17 Å². The van der Waals surface area contributed by atoms with Crippen molar-refractivity contribution in [3.05, 3.63) is 86.0 Å². The maximum atomic E-state index is 12.6. The first-order valence-electron chi connectivity index (χ1n) is 11.0. The predicted molar refractivity (Wildman–Crippen MR) is 139 cm³/mol. The van der Waals surface area contributed by atoms with Crippen LogP contribution in [-0.4, -0.2) is 47.1 Å². The number of nitrogens with zero attached hydrogens (tertiary/aromatic N) is 4. The van der Waals surface area contributed by atoms with Gasteiger partial charge in [-0.3, -0.25) is 14.9 Å². The van der Waals surface area contributed by atoms with E-state index in [0.717, 1.165) is 26.2 Å². The van der Waals surface area contributed by atoms with Gasteiger partial charge in [-0.1, -0.05) is 29.8 Å². The topological polar surface area (TPSA) is 92.2 Å². The molecule has 0 atom stereocenters. The number of nitro benzene ring substituents is 1. The number of aliphatic imine (C=N–C) groups is 1. The minimum atomic E-state index is -0.503. The van der Waals surface area contributed by atoms with Crippen molar-refractivity contribution in [2.24, 2.45) is 4.99 Å². The lowest BCUT2D eigenvalue weighted by molar-refractivity contribution is -0.384. The highest BCUT2D eigenvalue weighted by atomic mass is 35.5.